The highest BCUT2D eigenvalue weighted by Gasteiger charge is 2.28. The lowest BCUT2D eigenvalue weighted by Crippen LogP contribution is -2.47. The van der Waals surface area contributed by atoms with E-state index in [1.165, 1.54) is 18.5 Å². The number of likely N-dealkylation sites (tertiary alicyclic amines) is 1. The predicted octanol–water partition coefficient (Wildman–Crippen LogP) is 0.425. The molecule has 6 nitrogen and oxygen atoms in total. The molecule has 7 heteroatoms. The van der Waals surface area contributed by atoms with Crippen molar-refractivity contribution in [1.82, 2.24) is 14.6 Å². The third kappa shape index (κ3) is 3.23. The Balaban J connectivity index is 2.12. The van der Waals surface area contributed by atoms with E-state index in [-0.39, 0.29) is 16.6 Å². The minimum atomic E-state index is -3.59. The van der Waals surface area contributed by atoms with Gasteiger partial charge in [0.25, 0.3) is 0 Å². The molecule has 1 aliphatic rings. The van der Waals surface area contributed by atoms with Crippen LogP contribution < -0.4 is 10.5 Å². The molecule has 0 radical (unpaired) electrons. The average molecular weight is 284 g/mol. The number of hydrogen-bond acceptors (Lipinski definition) is 5. The molecule has 0 saturated carbocycles. The molecule has 2 heterocycles. The molecule has 0 aromatic carbocycles. The Kier molecular flexibility index (Phi) is 4.07. The van der Waals surface area contributed by atoms with Crippen LogP contribution in [0.25, 0.3) is 0 Å². The summed E-state index contributed by atoms with van der Waals surface area (Å²) in [4.78, 5) is 6.11. The molecule has 0 aliphatic carbocycles. The van der Waals surface area contributed by atoms with Crippen molar-refractivity contribution in [2.75, 3.05) is 19.3 Å². The van der Waals surface area contributed by atoms with E-state index in [9.17, 15) is 8.42 Å². The lowest BCUT2D eigenvalue weighted by Gasteiger charge is -2.35. The molecule has 0 amide bonds. The quantitative estimate of drug-likeness (QED) is 0.840. The molecule has 3 N–H and O–H groups in total. The van der Waals surface area contributed by atoms with E-state index < -0.39 is 10.0 Å². The van der Waals surface area contributed by atoms with Crippen LogP contribution in [0.4, 0.5) is 5.69 Å². The maximum atomic E-state index is 12.3. The summed E-state index contributed by atoms with van der Waals surface area (Å²) in [5, 5.41) is 0. The number of nitrogens with zero attached hydrogens (tertiary/aromatic N) is 2. The fraction of sp³-hybridized carbons (Fsp3) is 0.583. The second kappa shape index (κ2) is 5.44. The Labute approximate surface area is 114 Å². The van der Waals surface area contributed by atoms with E-state index in [2.05, 4.69) is 28.6 Å². The van der Waals surface area contributed by atoms with Gasteiger partial charge in [-0.3, -0.25) is 4.98 Å². The maximum absolute atomic E-state index is 12.3. The topological polar surface area (TPSA) is 88.3 Å². The molecule has 1 aromatic rings. The number of nitrogens with one attached hydrogen (secondary N) is 1. The fourth-order valence-electron chi connectivity index (χ4n) is 2.29. The maximum Gasteiger partial charge on any atom is 0.244 e. The number of piperidine rings is 1. The van der Waals surface area contributed by atoms with Crippen LogP contribution in [0.1, 0.15) is 19.8 Å². The third-order valence-corrected chi connectivity index (χ3v) is 5.20. The second-order valence-corrected chi connectivity index (χ2v) is 6.77. The van der Waals surface area contributed by atoms with Crippen molar-refractivity contribution in [2.45, 2.75) is 36.7 Å². The minimum absolute atomic E-state index is 0.0455. The highest BCUT2D eigenvalue weighted by Crippen LogP contribution is 2.20. The first-order valence-corrected chi connectivity index (χ1v) is 7.80. The fourth-order valence-corrected chi connectivity index (χ4v) is 3.65. The SMILES string of the molecule is CC1CC(NS(=O)(=O)c2cnccc2N)CCN1C. The summed E-state index contributed by atoms with van der Waals surface area (Å²) in [6.45, 7) is 2.98. The van der Waals surface area contributed by atoms with Crippen molar-refractivity contribution >= 4 is 15.7 Å². The molecule has 2 rings (SSSR count). The number of nitrogen functional groups attached to an aromatic ring is 1. The van der Waals surface area contributed by atoms with Crippen LogP contribution in [0.2, 0.25) is 0 Å². The first kappa shape index (κ1) is 14.2. The molecule has 19 heavy (non-hydrogen) atoms. The summed E-state index contributed by atoms with van der Waals surface area (Å²) in [6, 6.07) is 1.81. The van der Waals surface area contributed by atoms with Crippen LogP contribution in [0, 0.1) is 0 Å². The van der Waals surface area contributed by atoms with Crippen molar-refractivity contribution < 1.29 is 8.42 Å². The number of nitrogens with two attached hydrogens (primary N) is 1. The summed E-state index contributed by atoms with van der Waals surface area (Å²) >= 11 is 0. The molecule has 2 atom stereocenters. The Morgan fingerprint density at radius 1 is 1.53 bits per heavy atom. The monoisotopic (exact) mass is 284 g/mol. The van der Waals surface area contributed by atoms with Crippen molar-refractivity contribution in [1.29, 1.82) is 0 Å². The molecule has 1 aliphatic heterocycles. The van der Waals surface area contributed by atoms with E-state index in [1.807, 2.05) is 0 Å². The number of sulfonamides is 1. The molecule has 106 valence electrons. The average Bonchev–Trinajstić information content (AvgIpc) is 2.34. The lowest BCUT2D eigenvalue weighted by atomic mass is 10.0. The summed E-state index contributed by atoms with van der Waals surface area (Å²) in [5.41, 5.74) is 5.92. The highest BCUT2D eigenvalue weighted by atomic mass is 32.2. The van der Waals surface area contributed by atoms with Gasteiger partial charge < -0.3 is 10.6 Å². The lowest BCUT2D eigenvalue weighted by molar-refractivity contribution is 0.178. The summed E-state index contributed by atoms with van der Waals surface area (Å²) in [6.07, 6.45) is 4.37. The normalized spacial score (nSPS) is 25.4. The highest BCUT2D eigenvalue weighted by molar-refractivity contribution is 7.89. The van der Waals surface area contributed by atoms with Crippen molar-refractivity contribution in [2.24, 2.45) is 0 Å². The molecular formula is C12H20N4O2S. The third-order valence-electron chi connectivity index (χ3n) is 3.64. The number of hydrogen-bond donors (Lipinski definition) is 2. The smallest absolute Gasteiger partial charge is 0.244 e. The molecule has 0 bridgehead atoms. The summed E-state index contributed by atoms with van der Waals surface area (Å²) in [5.74, 6) is 0. The molecule has 1 aromatic heterocycles. The summed E-state index contributed by atoms with van der Waals surface area (Å²) < 4.78 is 27.3. The van der Waals surface area contributed by atoms with Gasteiger partial charge in [-0.05, 0) is 39.4 Å². The number of rotatable bonds is 3. The Morgan fingerprint density at radius 3 is 2.89 bits per heavy atom. The zero-order chi connectivity index (χ0) is 14.0. The molecule has 1 fully saturated rings. The Hall–Kier alpha value is -1.18. The van der Waals surface area contributed by atoms with Crippen LogP contribution in [0.5, 0.6) is 0 Å². The Bertz CT molecular complexity index is 546. The first-order valence-electron chi connectivity index (χ1n) is 6.32. The molecule has 0 spiro atoms. The minimum Gasteiger partial charge on any atom is -0.398 e. The van der Waals surface area contributed by atoms with Gasteiger partial charge in [-0.25, -0.2) is 13.1 Å². The van der Waals surface area contributed by atoms with E-state index in [1.54, 1.807) is 0 Å². The van der Waals surface area contributed by atoms with Crippen LogP contribution in [-0.4, -0.2) is 44.0 Å². The van der Waals surface area contributed by atoms with Gasteiger partial charge >= 0.3 is 0 Å². The van der Waals surface area contributed by atoms with Gasteiger partial charge in [0.1, 0.15) is 4.90 Å². The Morgan fingerprint density at radius 2 is 2.26 bits per heavy atom. The largest absolute Gasteiger partial charge is 0.398 e. The molecular weight excluding hydrogens is 264 g/mol. The second-order valence-electron chi connectivity index (χ2n) is 5.09. The number of pyridine rings is 1. The predicted molar refractivity (Wildman–Crippen MR) is 74.1 cm³/mol. The van der Waals surface area contributed by atoms with Gasteiger partial charge in [0.15, 0.2) is 0 Å². The van der Waals surface area contributed by atoms with Crippen LogP contribution in [-0.2, 0) is 10.0 Å². The van der Waals surface area contributed by atoms with Gasteiger partial charge in [-0.1, -0.05) is 0 Å². The van der Waals surface area contributed by atoms with Gasteiger partial charge in [0.05, 0.1) is 5.69 Å². The van der Waals surface area contributed by atoms with Crippen LogP contribution >= 0.6 is 0 Å². The zero-order valence-corrected chi connectivity index (χ0v) is 12.0. The molecule has 1 saturated heterocycles. The van der Waals surface area contributed by atoms with Crippen LogP contribution in [0.3, 0.4) is 0 Å². The number of anilines is 1. The van der Waals surface area contributed by atoms with E-state index in [0.29, 0.717) is 6.04 Å². The van der Waals surface area contributed by atoms with E-state index >= 15 is 0 Å². The molecule has 2 unspecified atom stereocenters. The van der Waals surface area contributed by atoms with Gasteiger partial charge in [-0.15, -0.1) is 0 Å². The van der Waals surface area contributed by atoms with E-state index in [4.69, 9.17) is 5.73 Å². The van der Waals surface area contributed by atoms with Gasteiger partial charge in [0, 0.05) is 24.5 Å². The first-order chi connectivity index (χ1) is 8.90. The van der Waals surface area contributed by atoms with Crippen molar-refractivity contribution in [3.8, 4) is 0 Å². The van der Waals surface area contributed by atoms with Crippen LogP contribution in [0.15, 0.2) is 23.4 Å². The van der Waals surface area contributed by atoms with Gasteiger partial charge in [-0.2, -0.15) is 0 Å². The number of aromatic nitrogens is 1. The zero-order valence-electron chi connectivity index (χ0n) is 11.2. The van der Waals surface area contributed by atoms with Crippen molar-refractivity contribution in [3.05, 3.63) is 18.5 Å². The van der Waals surface area contributed by atoms with E-state index in [0.717, 1.165) is 19.4 Å². The summed E-state index contributed by atoms with van der Waals surface area (Å²) in [7, 11) is -1.54. The van der Waals surface area contributed by atoms with Gasteiger partial charge in [0.2, 0.25) is 10.0 Å². The standard InChI is InChI=1S/C12H20N4O2S/c1-9-7-10(4-6-16(9)2)15-19(17,18)12-8-14-5-3-11(12)13/h3,5,8-10,15H,4,6-7H2,1-2H3,(H2,13,14). The van der Waals surface area contributed by atoms with Crippen molar-refractivity contribution in [3.63, 3.8) is 0 Å².